The van der Waals surface area contributed by atoms with E-state index in [0.717, 1.165) is 34.2 Å². The summed E-state index contributed by atoms with van der Waals surface area (Å²) in [6.45, 7) is 5.25. The highest BCUT2D eigenvalue weighted by molar-refractivity contribution is 9.10. The van der Waals surface area contributed by atoms with Gasteiger partial charge in [-0.3, -0.25) is 4.79 Å². The van der Waals surface area contributed by atoms with Gasteiger partial charge >= 0.3 is 0 Å². The molecule has 8 heteroatoms. The van der Waals surface area contributed by atoms with Crippen molar-refractivity contribution in [3.8, 4) is 22.9 Å². The first kappa shape index (κ1) is 21.5. The van der Waals surface area contributed by atoms with Gasteiger partial charge in [-0.2, -0.15) is 9.50 Å². The highest BCUT2D eigenvalue weighted by atomic mass is 79.9. The van der Waals surface area contributed by atoms with Crippen molar-refractivity contribution in [1.29, 1.82) is 0 Å². The lowest BCUT2D eigenvalue weighted by Gasteiger charge is -2.12. The van der Waals surface area contributed by atoms with Crippen molar-refractivity contribution in [3.05, 3.63) is 67.4 Å². The van der Waals surface area contributed by atoms with Crippen LogP contribution in [0, 0.1) is 0 Å². The van der Waals surface area contributed by atoms with E-state index >= 15 is 0 Å². The molecular weight excluding hydrogens is 478 g/mol. The Kier molecular flexibility index (Phi) is 6.67. The van der Waals surface area contributed by atoms with Gasteiger partial charge in [0.1, 0.15) is 0 Å². The van der Waals surface area contributed by atoms with Crippen LogP contribution in [-0.4, -0.2) is 27.8 Å². The molecule has 2 aromatic carbocycles. The number of nitrogens with zero attached hydrogens (tertiary/aromatic N) is 3. The zero-order chi connectivity index (χ0) is 21.8. The van der Waals surface area contributed by atoms with Gasteiger partial charge in [-0.15, -0.1) is 5.10 Å². The van der Waals surface area contributed by atoms with E-state index in [1.165, 1.54) is 15.9 Å². The first-order valence-corrected chi connectivity index (χ1v) is 11.8. The van der Waals surface area contributed by atoms with Gasteiger partial charge in [-0.05, 0) is 49.2 Å². The number of aromatic nitrogens is 3. The molecule has 2 aromatic heterocycles. The molecule has 0 saturated carbocycles. The van der Waals surface area contributed by atoms with Crippen LogP contribution in [0.3, 0.4) is 0 Å². The van der Waals surface area contributed by atoms with Crippen molar-refractivity contribution >= 4 is 38.3 Å². The van der Waals surface area contributed by atoms with Crippen molar-refractivity contribution in [2.45, 2.75) is 26.7 Å². The molecule has 0 radical (unpaired) electrons. The Labute approximate surface area is 192 Å². The minimum absolute atomic E-state index is 0.183. The van der Waals surface area contributed by atoms with Crippen molar-refractivity contribution in [3.63, 3.8) is 0 Å². The number of fused-ring (bicyclic) bond motifs is 1. The SMILES string of the molecule is CCCCOc1ccc(/C=c2/sc3nc(-c4ccc(Br)cc4)nn3c2=O)cc1OCC. The maximum Gasteiger partial charge on any atom is 0.291 e. The number of benzene rings is 2. The van der Waals surface area contributed by atoms with E-state index in [2.05, 4.69) is 32.9 Å². The number of rotatable bonds is 8. The smallest absolute Gasteiger partial charge is 0.291 e. The van der Waals surface area contributed by atoms with E-state index in [1.807, 2.05) is 55.5 Å². The zero-order valence-corrected chi connectivity index (χ0v) is 19.7. The van der Waals surface area contributed by atoms with Gasteiger partial charge in [0.25, 0.3) is 5.56 Å². The third kappa shape index (κ3) is 4.80. The van der Waals surface area contributed by atoms with Gasteiger partial charge in [0, 0.05) is 10.0 Å². The number of unbranched alkanes of at least 4 members (excludes halogenated alkanes) is 1. The lowest BCUT2D eigenvalue weighted by atomic mass is 10.2. The highest BCUT2D eigenvalue weighted by Crippen LogP contribution is 2.29. The second-order valence-electron chi connectivity index (χ2n) is 6.89. The summed E-state index contributed by atoms with van der Waals surface area (Å²) in [6.07, 6.45) is 3.89. The van der Waals surface area contributed by atoms with Crippen LogP contribution in [-0.2, 0) is 0 Å². The Morgan fingerprint density at radius 1 is 1.10 bits per heavy atom. The quantitative estimate of drug-likeness (QED) is 0.328. The number of hydrogen-bond donors (Lipinski definition) is 0. The average molecular weight is 500 g/mol. The molecule has 0 amide bonds. The second-order valence-corrected chi connectivity index (χ2v) is 8.82. The summed E-state index contributed by atoms with van der Waals surface area (Å²) in [5.41, 5.74) is 1.54. The Bertz CT molecular complexity index is 1300. The number of ether oxygens (including phenoxy) is 2. The highest BCUT2D eigenvalue weighted by Gasteiger charge is 2.12. The minimum Gasteiger partial charge on any atom is -0.490 e. The Balaban J connectivity index is 1.66. The van der Waals surface area contributed by atoms with E-state index in [-0.39, 0.29) is 5.56 Å². The molecule has 0 aliphatic rings. The molecule has 4 aromatic rings. The molecule has 0 N–H and O–H groups in total. The fourth-order valence-electron chi connectivity index (χ4n) is 3.03. The molecule has 0 unspecified atom stereocenters. The van der Waals surface area contributed by atoms with Crippen molar-refractivity contribution in [2.75, 3.05) is 13.2 Å². The average Bonchev–Trinajstić information content (AvgIpc) is 3.30. The van der Waals surface area contributed by atoms with Gasteiger partial charge in [-0.25, -0.2) is 0 Å². The number of hydrogen-bond acceptors (Lipinski definition) is 6. The van der Waals surface area contributed by atoms with Gasteiger partial charge in [0.05, 0.1) is 17.7 Å². The van der Waals surface area contributed by atoms with E-state index in [9.17, 15) is 4.79 Å². The maximum atomic E-state index is 12.9. The van der Waals surface area contributed by atoms with Crippen LogP contribution in [0.4, 0.5) is 0 Å². The van der Waals surface area contributed by atoms with Crippen LogP contribution in [0.5, 0.6) is 11.5 Å². The van der Waals surface area contributed by atoms with Crippen LogP contribution in [0.25, 0.3) is 22.4 Å². The zero-order valence-electron chi connectivity index (χ0n) is 17.3. The summed E-state index contributed by atoms with van der Waals surface area (Å²) >= 11 is 4.74. The largest absolute Gasteiger partial charge is 0.490 e. The number of thiazole rings is 1. The van der Waals surface area contributed by atoms with E-state index in [1.54, 1.807) is 0 Å². The van der Waals surface area contributed by atoms with E-state index in [0.29, 0.717) is 34.3 Å². The minimum atomic E-state index is -0.183. The molecule has 0 spiro atoms. The van der Waals surface area contributed by atoms with Crippen molar-refractivity contribution < 1.29 is 9.47 Å². The number of halogens is 1. The molecule has 6 nitrogen and oxygen atoms in total. The molecule has 4 rings (SSSR count). The van der Waals surface area contributed by atoms with E-state index in [4.69, 9.17) is 9.47 Å². The lowest BCUT2D eigenvalue weighted by molar-refractivity contribution is 0.272. The summed E-state index contributed by atoms with van der Waals surface area (Å²) in [7, 11) is 0. The van der Waals surface area contributed by atoms with Gasteiger partial charge < -0.3 is 9.47 Å². The molecule has 31 heavy (non-hydrogen) atoms. The topological polar surface area (TPSA) is 65.7 Å². The third-order valence-corrected chi connectivity index (χ3v) is 6.09. The molecular formula is C23H22BrN3O3S. The van der Waals surface area contributed by atoms with Crippen molar-refractivity contribution in [1.82, 2.24) is 14.6 Å². The molecule has 0 aliphatic heterocycles. The molecule has 0 bridgehead atoms. The first-order valence-electron chi connectivity index (χ1n) is 10.2. The normalized spacial score (nSPS) is 11.9. The molecule has 160 valence electrons. The third-order valence-electron chi connectivity index (χ3n) is 4.61. The fourth-order valence-corrected chi connectivity index (χ4v) is 4.21. The lowest BCUT2D eigenvalue weighted by Crippen LogP contribution is -2.23. The van der Waals surface area contributed by atoms with E-state index < -0.39 is 0 Å². The van der Waals surface area contributed by atoms with Gasteiger partial charge in [0.2, 0.25) is 4.96 Å². The van der Waals surface area contributed by atoms with Crippen molar-refractivity contribution in [2.24, 2.45) is 0 Å². The summed E-state index contributed by atoms with van der Waals surface area (Å²) < 4.78 is 14.5. The molecule has 0 atom stereocenters. The summed E-state index contributed by atoms with van der Waals surface area (Å²) in [5.74, 6) is 1.93. The Morgan fingerprint density at radius 2 is 1.90 bits per heavy atom. The predicted octanol–water partition coefficient (Wildman–Crippen LogP) is 4.71. The molecule has 0 fully saturated rings. The van der Waals surface area contributed by atoms with Crippen LogP contribution in [0.1, 0.15) is 32.3 Å². The van der Waals surface area contributed by atoms with Crippen LogP contribution >= 0.6 is 27.3 Å². The maximum absolute atomic E-state index is 12.9. The fraction of sp³-hybridized carbons (Fsp3) is 0.261. The Morgan fingerprint density at radius 3 is 2.61 bits per heavy atom. The van der Waals surface area contributed by atoms with Crippen LogP contribution in [0.2, 0.25) is 0 Å². The first-order chi connectivity index (χ1) is 15.1. The summed E-state index contributed by atoms with van der Waals surface area (Å²) in [4.78, 5) is 18.0. The van der Waals surface area contributed by atoms with Gasteiger partial charge in [-0.1, -0.05) is 58.8 Å². The summed E-state index contributed by atoms with van der Waals surface area (Å²) in [5, 5.41) is 4.40. The second kappa shape index (κ2) is 9.62. The predicted molar refractivity (Wildman–Crippen MR) is 127 cm³/mol. The molecule has 0 saturated heterocycles. The summed E-state index contributed by atoms with van der Waals surface area (Å²) in [6, 6.07) is 13.4. The van der Waals surface area contributed by atoms with Gasteiger partial charge in [0.15, 0.2) is 17.3 Å². The monoisotopic (exact) mass is 499 g/mol. The van der Waals surface area contributed by atoms with Crippen LogP contribution < -0.4 is 19.6 Å². The molecule has 2 heterocycles. The standard InChI is InChI=1S/C23H22BrN3O3S/c1-3-5-12-30-18-11-6-15(13-19(18)29-4-2)14-20-22(28)27-23(31-20)25-21(26-27)16-7-9-17(24)10-8-16/h6-11,13-14H,3-5,12H2,1-2H3/b20-14+. The Hall–Kier alpha value is -2.71. The molecule has 0 aliphatic carbocycles. The van der Waals surface area contributed by atoms with Crippen LogP contribution in [0.15, 0.2) is 51.7 Å².